The summed E-state index contributed by atoms with van der Waals surface area (Å²) in [5.41, 5.74) is 7.28. The smallest absolute Gasteiger partial charge is 0.303 e. The van der Waals surface area contributed by atoms with Crippen molar-refractivity contribution in [2.24, 2.45) is 5.73 Å². The van der Waals surface area contributed by atoms with E-state index in [1.807, 2.05) is 24.3 Å². The molecule has 10 heteroatoms. The van der Waals surface area contributed by atoms with Crippen molar-refractivity contribution in [3.05, 3.63) is 53.0 Å². The third-order valence-electron chi connectivity index (χ3n) is 4.88. The molecule has 0 radical (unpaired) electrons. The Hall–Kier alpha value is -3.24. The molecule has 0 aliphatic rings. The molecule has 1 atom stereocenters. The molecule has 0 fully saturated rings. The number of nitrogens with two attached hydrogens (primary N) is 1. The zero-order valence-electron chi connectivity index (χ0n) is 18.7. The summed E-state index contributed by atoms with van der Waals surface area (Å²) < 4.78 is 0.887. The van der Waals surface area contributed by atoms with Gasteiger partial charge in [0, 0.05) is 29.4 Å². The fourth-order valence-electron chi connectivity index (χ4n) is 3.09. The van der Waals surface area contributed by atoms with Crippen molar-refractivity contribution >= 4 is 56.7 Å². The first kappa shape index (κ1) is 27.0. The molecule has 0 saturated carbocycles. The molecule has 2 rings (SSSR count). The van der Waals surface area contributed by atoms with Gasteiger partial charge in [-0.25, -0.2) is 0 Å². The van der Waals surface area contributed by atoms with Crippen molar-refractivity contribution in [3.8, 4) is 0 Å². The van der Waals surface area contributed by atoms with Crippen LogP contribution in [0.4, 0.5) is 17.1 Å². The van der Waals surface area contributed by atoms with E-state index < -0.39 is 17.9 Å². The van der Waals surface area contributed by atoms with Crippen LogP contribution in [-0.4, -0.2) is 34.8 Å². The van der Waals surface area contributed by atoms with Crippen molar-refractivity contribution in [2.45, 2.75) is 51.0 Å². The van der Waals surface area contributed by atoms with E-state index in [-0.39, 0.29) is 31.1 Å². The first-order chi connectivity index (χ1) is 16.2. The molecular formula is C24H29BrN4O5. The van der Waals surface area contributed by atoms with E-state index in [0.29, 0.717) is 30.6 Å². The van der Waals surface area contributed by atoms with Crippen LogP contribution in [-0.2, 0) is 19.2 Å². The number of benzene rings is 2. The van der Waals surface area contributed by atoms with Gasteiger partial charge in [0.05, 0.1) is 17.4 Å². The molecular weight excluding hydrogens is 504 g/mol. The summed E-state index contributed by atoms with van der Waals surface area (Å²) in [5, 5.41) is 17.0. The summed E-state index contributed by atoms with van der Waals surface area (Å²) in [5.74, 6) is -1.84. The SMILES string of the molecule is N[C@@H](CCC(=O)O)C(=O)Nc1ccccc1NC(=O)CCCCCC(=O)Nc1cccc(Br)c1. The third kappa shape index (κ3) is 10.1. The van der Waals surface area contributed by atoms with Crippen LogP contribution in [0.5, 0.6) is 0 Å². The molecule has 0 saturated heterocycles. The molecule has 182 valence electrons. The number of hydrogen-bond acceptors (Lipinski definition) is 5. The Balaban J connectivity index is 1.72. The second kappa shape index (κ2) is 14.1. The van der Waals surface area contributed by atoms with Gasteiger partial charge >= 0.3 is 5.97 Å². The highest BCUT2D eigenvalue weighted by Crippen LogP contribution is 2.22. The Labute approximate surface area is 206 Å². The Morgan fingerprint density at radius 3 is 2.06 bits per heavy atom. The molecule has 0 heterocycles. The highest BCUT2D eigenvalue weighted by Gasteiger charge is 2.17. The number of hydrogen-bond donors (Lipinski definition) is 5. The maximum absolute atomic E-state index is 12.3. The molecule has 0 aliphatic heterocycles. The number of nitrogens with one attached hydrogen (secondary N) is 3. The lowest BCUT2D eigenvalue weighted by Gasteiger charge is -2.15. The topological polar surface area (TPSA) is 151 Å². The monoisotopic (exact) mass is 532 g/mol. The van der Waals surface area contributed by atoms with Gasteiger partial charge in [-0.3, -0.25) is 19.2 Å². The van der Waals surface area contributed by atoms with E-state index in [9.17, 15) is 19.2 Å². The third-order valence-corrected chi connectivity index (χ3v) is 5.37. The van der Waals surface area contributed by atoms with Crippen LogP contribution in [0, 0.1) is 0 Å². The minimum absolute atomic E-state index is 0.0105. The average molecular weight is 533 g/mol. The van der Waals surface area contributed by atoms with Crippen molar-refractivity contribution in [1.82, 2.24) is 0 Å². The molecule has 0 unspecified atom stereocenters. The largest absolute Gasteiger partial charge is 0.481 e. The summed E-state index contributed by atoms with van der Waals surface area (Å²) in [7, 11) is 0. The lowest BCUT2D eigenvalue weighted by Crippen LogP contribution is -2.36. The Bertz CT molecular complexity index is 1010. The predicted octanol–water partition coefficient (Wildman–Crippen LogP) is 4.11. The molecule has 0 aromatic heterocycles. The van der Waals surface area contributed by atoms with Gasteiger partial charge in [0.2, 0.25) is 17.7 Å². The van der Waals surface area contributed by atoms with Crippen LogP contribution in [0.1, 0.15) is 44.9 Å². The lowest BCUT2D eigenvalue weighted by atomic mass is 10.1. The number of carbonyl (C=O) groups excluding carboxylic acids is 3. The zero-order chi connectivity index (χ0) is 24.9. The van der Waals surface area contributed by atoms with Crippen LogP contribution < -0.4 is 21.7 Å². The molecule has 34 heavy (non-hydrogen) atoms. The first-order valence-electron chi connectivity index (χ1n) is 11.0. The number of amides is 3. The Kier molecular flexibility index (Phi) is 11.2. The van der Waals surface area contributed by atoms with E-state index in [1.54, 1.807) is 24.3 Å². The number of carboxylic acids is 1. The number of unbranched alkanes of at least 4 members (excludes halogenated alkanes) is 2. The second-order valence-electron chi connectivity index (χ2n) is 7.74. The average Bonchev–Trinajstić information content (AvgIpc) is 2.78. The minimum atomic E-state index is -1.03. The predicted molar refractivity (Wildman–Crippen MR) is 134 cm³/mol. The summed E-state index contributed by atoms with van der Waals surface area (Å²) in [4.78, 5) is 47.2. The fraction of sp³-hybridized carbons (Fsp3) is 0.333. The van der Waals surface area contributed by atoms with Crippen LogP contribution in [0.15, 0.2) is 53.0 Å². The van der Waals surface area contributed by atoms with E-state index in [0.717, 1.165) is 16.6 Å². The standard InChI is InChI=1S/C24H29BrN4O5/c25-16-7-6-8-17(15-16)27-21(30)11-2-1-3-12-22(31)28-19-9-4-5-10-20(19)29-24(34)18(26)13-14-23(32)33/h4-10,15,18H,1-3,11-14,26H2,(H,27,30)(H,28,31)(H,29,34)(H,32,33)/t18-/m0/s1. The van der Waals surface area contributed by atoms with E-state index in [2.05, 4.69) is 31.9 Å². The molecule has 0 aliphatic carbocycles. The number of anilines is 3. The van der Waals surface area contributed by atoms with Gasteiger partial charge in [0.15, 0.2) is 0 Å². The molecule has 0 bridgehead atoms. The van der Waals surface area contributed by atoms with E-state index >= 15 is 0 Å². The number of rotatable bonds is 13. The quantitative estimate of drug-likeness (QED) is 0.245. The Morgan fingerprint density at radius 1 is 0.824 bits per heavy atom. The number of para-hydroxylation sites is 2. The highest BCUT2D eigenvalue weighted by atomic mass is 79.9. The van der Waals surface area contributed by atoms with Crippen molar-refractivity contribution in [3.63, 3.8) is 0 Å². The maximum atomic E-state index is 12.3. The normalized spacial score (nSPS) is 11.4. The van der Waals surface area contributed by atoms with Crippen molar-refractivity contribution in [1.29, 1.82) is 0 Å². The van der Waals surface area contributed by atoms with Gasteiger partial charge in [0.25, 0.3) is 0 Å². The summed E-state index contributed by atoms with van der Waals surface area (Å²) in [6.45, 7) is 0. The molecule has 6 N–H and O–H groups in total. The molecule has 0 spiro atoms. The Morgan fingerprint density at radius 2 is 1.44 bits per heavy atom. The molecule has 9 nitrogen and oxygen atoms in total. The van der Waals surface area contributed by atoms with Crippen LogP contribution >= 0.6 is 15.9 Å². The van der Waals surface area contributed by atoms with E-state index in [4.69, 9.17) is 10.8 Å². The van der Waals surface area contributed by atoms with Gasteiger partial charge in [-0.1, -0.05) is 40.5 Å². The molecule has 2 aromatic carbocycles. The summed E-state index contributed by atoms with van der Waals surface area (Å²) >= 11 is 3.36. The maximum Gasteiger partial charge on any atom is 0.303 e. The number of carbonyl (C=O) groups is 4. The van der Waals surface area contributed by atoms with Gasteiger partial charge in [-0.05, 0) is 49.6 Å². The lowest BCUT2D eigenvalue weighted by molar-refractivity contribution is -0.137. The van der Waals surface area contributed by atoms with Crippen molar-refractivity contribution < 1.29 is 24.3 Å². The van der Waals surface area contributed by atoms with Crippen LogP contribution in [0.3, 0.4) is 0 Å². The van der Waals surface area contributed by atoms with Crippen molar-refractivity contribution in [2.75, 3.05) is 16.0 Å². The van der Waals surface area contributed by atoms with Crippen LogP contribution in [0.2, 0.25) is 0 Å². The van der Waals surface area contributed by atoms with Gasteiger partial charge < -0.3 is 26.8 Å². The molecule has 3 amide bonds. The number of carboxylic acid groups (broad SMARTS) is 1. The van der Waals surface area contributed by atoms with Gasteiger partial charge in [0.1, 0.15) is 0 Å². The first-order valence-corrected chi connectivity index (χ1v) is 11.8. The van der Waals surface area contributed by atoms with Gasteiger partial charge in [-0.2, -0.15) is 0 Å². The van der Waals surface area contributed by atoms with E-state index in [1.165, 1.54) is 0 Å². The summed E-state index contributed by atoms with van der Waals surface area (Å²) in [6, 6.07) is 13.1. The summed E-state index contributed by atoms with van der Waals surface area (Å²) in [6.07, 6.45) is 2.43. The number of halogens is 1. The zero-order valence-corrected chi connectivity index (χ0v) is 20.3. The molecule has 2 aromatic rings. The fourth-order valence-corrected chi connectivity index (χ4v) is 3.49. The van der Waals surface area contributed by atoms with Crippen LogP contribution in [0.25, 0.3) is 0 Å². The minimum Gasteiger partial charge on any atom is -0.481 e. The second-order valence-corrected chi connectivity index (χ2v) is 8.66. The highest BCUT2D eigenvalue weighted by molar-refractivity contribution is 9.10. The number of aliphatic carboxylic acids is 1. The van der Waals surface area contributed by atoms with Gasteiger partial charge in [-0.15, -0.1) is 0 Å².